The second-order valence-corrected chi connectivity index (χ2v) is 2.75. The summed E-state index contributed by atoms with van der Waals surface area (Å²) in [6.45, 7) is 5.60. The van der Waals surface area contributed by atoms with Gasteiger partial charge in [0.1, 0.15) is 0 Å². The summed E-state index contributed by atoms with van der Waals surface area (Å²) >= 11 is 0. The lowest BCUT2D eigenvalue weighted by molar-refractivity contribution is -0.470. The molecule has 0 aliphatic heterocycles. The zero-order valence-corrected chi connectivity index (χ0v) is 7.13. The van der Waals surface area contributed by atoms with Gasteiger partial charge in [-0.05, 0) is 26.3 Å². The molecular weight excluding hydrogens is 142 g/mol. The van der Waals surface area contributed by atoms with Gasteiger partial charge in [0.05, 0.1) is 0 Å². The molecule has 0 bridgehead atoms. The van der Waals surface area contributed by atoms with Crippen molar-refractivity contribution in [1.82, 2.24) is 0 Å². The van der Waals surface area contributed by atoms with Crippen LogP contribution < -0.4 is 0 Å². The van der Waals surface area contributed by atoms with E-state index >= 15 is 0 Å². The van der Waals surface area contributed by atoms with E-state index < -0.39 is 0 Å². The average Bonchev–Trinajstić information content (AvgIpc) is 1.82. The first-order chi connectivity index (χ1) is 5.02. The molecule has 0 saturated heterocycles. The maximum atomic E-state index is 10.00. The van der Waals surface area contributed by atoms with Gasteiger partial charge >= 0.3 is 0 Å². The highest BCUT2D eigenvalue weighted by Gasteiger charge is 1.96. The summed E-state index contributed by atoms with van der Waals surface area (Å²) in [5, 5.41) is 10.00. The first-order valence-electron chi connectivity index (χ1n) is 3.45. The molecule has 0 heterocycles. The van der Waals surface area contributed by atoms with Gasteiger partial charge in [0.25, 0.3) is 0 Å². The van der Waals surface area contributed by atoms with E-state index in [0.29, 0.717) is 0 Å². The second kappa shape index (κ2) is 4.66. The SMILES string of the molecule is CC(C)=C/C=C(\C)C[N+](=O)[O-]. The van der Waals surface area contributed by atoms with E-state index in [1.165, 1.54) is 0 Å². The maximum absolute atomic E-state index is 10.00. The summed E-state index contributed by atoms with van der Waals surface area (Å²) in [4.78, 5) is 9.67. The van der Waals surface area contributed by atoms with Crippen molar-refractivity contribution in [2.24, 2.45) is 0 Å². The predicted molar refractivity (Wildman–Crippen MR) is 45.0 cm³/mol. The van der Waals surface area contributed by atoms with Crippen LogP contribution >= 0.6 is 0 Å². The second-order valence-electron chi connectivity index (χ2n) is 2.75. The third-order valence-corrected chi connectivity index (χ3v) is 1.08. The summed E-state index contributed by atoms with van der Waals surface area (Å²) in [5.74, 6) is 0. The Kier molecular flexibility index (Phi) is 4.18. The molecule has 0 rings (SSSR count). The van der Waals surface area contributed by atoms with E-state index in [2.05, 4.69) is 0 Å². The van der Waals surface area contributed by atoms with Gasteiger partial charge in [0.2, 0.25) is 6.54 Å². The third kappa shape index (κ3) is 6.77. The minimum Gasteiger partial charge on any atom is -0.264 e. The van der Waals surface area contributed by atoms with Crippen LogP contribution in [0, 0.1) is 10.1 Å². The third-order valence-electron chi connectivity index (χ3n) is 1.08. The number of allylic oxidation sites excluding steroid dienone is 3. The van der Waals surface area contributed by atoms with Crippen LogP contribution in [0.25, 0.3) is 0 Å². The smallest absolute Gasteiger partial charge is 0.225 e. The van der Waals surface area contributed by atoms with E-state index in [1.807, 2.05) is 19.9 Å². The molecule has 0 unspecified atom stereocenters. The van der Waals surface area contributed by atoms with E-state index in [1.54, 1.807) is 13.0 Å². The molecule has 0 radical (unpaired) electrons. The van der Waals surface area contributed by atoms with E-state index in [0.717, 1.165) is 11.1 Å². The molecule has 0 spiro atoms. The van der Waals surface area contributed by atoms with Gasteiger partial charge < -0.3 is 0 Å². The molecule has 0 aromatic heterocycles. The molecule has 0 atom stereocenters. The van der Waals surface area contributed by atoms with Crippen LogP contribution in [0.2, 0.25) is 0 Å². The van der Waals surface area contributed by atoms with E-state index in [4.69, 9.17) is 0 Å². The van der Waals surface area contributed by atoms with Gasteiger partial charge in [0.15, 0.2) is 0 Å². The van der Waals surface area contributed by atoms with Gasteiger partial charge in [0, 0.05) is 4.92 Å². The fourth-order valence-electron chi connectivity index (χ4n) is 0.565. The van der Waals surface area contributed by atoms with Gasteiger partial charge in [-0.2, -0.15) is 0 Å². The van der Waals surface area contributed by atoms with Crippen LogP contribution in [-0.4, -0.2) is 11.5 Å². The molecule has 3 nitrogen and oxygen atoms in total. The molecule has 0 N–H and O–H groups in total. The summed E-state index contributed by atoms with van der Waals surface area (Å²) in [7, 11) is 0. The molecule has 0 saturated carbocycles. The molecule has 0 aliphatic carbocycles. The number of rotatable bonds is 3. The molecule has 0 amide bonds. The Morgan fingerprint density at radius 2 is 1.91 bits per heavy atom. The van der Waals surface area contributed by atoms with Crippen LogP contribution in [0.15, 0.2) is 23.3 Å². The molecular formula is C8H13NO2. The lowest BCUT2D eigenvalue weighted by Gasteiger charge is -1.91. The molecule has 11 heavy (non-hydrogen) atoms. The molecule has 0 fully saturated rings. The molecule has 0 aromatic rings. The summed E-state index contributed by atoms with van der Waals surface area (Å²) in [5.41, 5.74) is 1.92. The van der Waals surface area contributed by atoms with Crippen LogP contribution in [0.3, 0.4) is 0 Å². The Morgan fingerprint density at radius 1 is 1.36 bits per heavy atom. The normalized spacial score (nSPS) is 11.0. The predicted octanol–water partition coefficient (Wildman–Crippen LogP) is 2.18. The summed E-state index contributed by atoms with van der Waals surface area (Å²) < 4.78 is 0. The standard InChI is InChI=1S/C8H13NO2/c1-7(2)4-5-8(3)6-9(10)11/h4-5H,6H2,1-3H3/b8-5+. The largest absolute Gasteiger partial charge is 0.264 e. The van der Waals surface area contributed by atoms with Crippen molar-refractivity contribution in [1.29, 1.82) is 0 Å². The molecule has 0 aromatic carbocycles. The molecule has 62 valence electrons. The minimum atomic E-state index is -0.329. The Morgan fingerprint density at radius 3 is 2.27 bits per heavy atom. The quantitative estimate of drug-likeness (QED) is 0.356. The van der Waals surface area contributed by atoms with Gasteiger partial charge in [-0.3, -0.25) is 10.1 Å². The number of hydrogen-bond donors (Lipinski definition) is 0. The van der Waals surface area contributed by atoms with Crippen molar-refractivity contribution in [3.05, 3.63) is 33.4 Å². The summed E-state index contributed by atoms with van der Waals surface area (Å²) in [6, 6.07) is 0. The van der Waals surface area contributed by atoms with Crippen molar-refractivity contribution in [2.45, 2.75) is 20.8 Å². The average molecular weight is 155 g/mol. The monoisotopic (exact) mass is 155 g/mol. The molecule has 3 heteroatoms. The minimum absolute atomic E-state index is 0.0657. The van der Waals surface area contributed by atoms with Crippen molar-refractivity contribution in [3.63, 3.8) is 0 Å². The highest BCUT2D eigenvalue weighted by Crippen LogP contribution is 1.96. The highest BCUT2D eigenvalue weighted by atomic mass is 16.6. The lowest BCUT2D eigenvalue weighted by Crippen LogP contribution is -2.00. The van der Waals surface area contributed by atoms with Gasteiger partial charge in [-0.15, -0.1) is 0 Å². The van der Waals surface area contributed by atoms with Crippen molar-refractivity contribution in [2.75, 3.05) is 6.54 Å². The Balaban J connectivity index is 4.02. The van der Waals surface area contributed by atoms with Gasteiger partial charge in [-0.1, -0.05) is 17.7 Å². The highest BCUT2D eigenvalue weighted by molar-refractivity contribution is 5.14. The Labute approximate surface area is 66.6 Å². The molecule has 0 aliphatic rings. The van der Waals surface area contributed by atoms with Crippen LogP contribution in [0.5, 0.6) is 0 Å². The number of nitrogens with zero attached hydrogens (tertiary/aromatic N) is 1. The van der Waals surface area contributed by atoms with Crippen LogP contribution in [0.4, 0.5) is 0 Å². The fraction of sp³-hybridized carbons (Fsp3) is 0.500. The van der Waals surface area contributed by atoms with E-state index in [9.17, 15) is 10.1 Å². The van der Waals surface area contributed by atoms with Crippen molar-refractivity contribution >= 4 is 0 Å². The van der Waals surface area contributed by atoms with E-state index in [-0.39, 0.29) is 11.5 Å². The zero-order valence-electron chi connectivity index (χ0n) is 7.13. The number of nitro groups is 1. The maximum Gasteiger partial charge on any atom is 0.225 e. The van der Waals surface area contributed by atoms with Crippen molar-refractivity contribution in [3.8, 4) is 0 Å². The van der Waals surface area contributed by atoms with Gasteiger partial charge in [-0.25, -0.2) is 0 Å². The van der Waals surface area contributed by atoms with Crippen molar-refractivity contribution < 1.29 is 4.92 Å². The number of hydrogen-bond acceptors (Lipinski definition) is 2. The first kappa shape index (κ1) is 9.88. The van der Waals surface area contributed by atoms with Crippen LogP contribution in [-0.2, 0) is 0 Å². The summed E-state index contributed by atoms with van der Waals surface area (Å²) in [6.07, 6.45) is 3.65. The zero-order chi connectivity index (χ0) is 8.85. The lowest BCUT2D eigenvalue weighted by atomic mass is 10.2. The fourth-order valence-corrected chi connectivity index (χ4v) is 0.565. The first-order valence-corrected chi connectivity index (χ1v) is 3.45. The van der Waals surface area contributed by atoms with Crippen LogP contribution in [0.1, 0.15) is 20.8 Å². The Bertz CT molecular complexity index is 200. The topological polar surface area (TPSA) is 43.1 Å². The Hall–Kier alpha value is -1.12.